The van der Waals surface area contributed by atoms with Crippen LogP contribution in [0.3, 0.4) is 0 Å². The van der Waals surface area contributed by atoms with E-state index in [0.29, 0.717) is 18.5 Å². The van der Waals surface area contributed by atoms with Crippen molar-refractivity contribution in [1.82, 2.24) is 14.7 Å². The lowest BCUT2D eigenvalue weighted by molar-refractivity contribution is -0.117. The first-order valence-corrected chi connectivity index (χ1v) is 7.93. The summed E-state index contributed by atoms with van der Waals surface area (Å²) in [5.41, 5.74) is 0. The minimum Gasteiger partial charge on any atom is -0.396 e. The second-order valence-corrected chi connectivity index (χ2v) is 6.22. The van der Waals surface area contributed by atoms with Gasteiger partial charge in [0.15, 0.2) is 0 Å². The summed E-state index contributed by atoms with van der Waals surface area (Å²) < 4.78 is 1.96. The molecule has 6 heteroatoms. The van der Waals surface area contributed by atoms with Gasteiger partial charge in [0, 0.05) is 19.2 Å². The standard InChI is InChI=1S/C15H24N4O2/c20-11-12-6-8-18(9-12)10-15(21)17-14-5-7-16-19(14)13-3-1-2-4-13/h5,7,12-13,20H,1-4,6,8-11H2,(H,17,21). The molecule has 21 heavy (non-hydrogen) atoms. The molecule has 1 aliphatic heterocycles. The van der Waals surface area contributed by atoms with Crippen LogP contribution < -0.4 is 5.32 Å². The Kier molecular flexibility index (Phi) is 4.55. The molecule has 1 aromatic rings. The van der Waals surface area contributed by atoms with E-state index in [-0.39, 0.29) is 12.5 Å². The Balaban J connectivity index is 1.54. The molecule has 3 rings (SSSR count). The zero-order chi connectivity index (χ0) is 14.7. The molecule has 1 aromatic heterocycles. The molecule has 0 radical (unpaired) electrons. The minimum absolute atomic E-state index is 0.00772. The number of aliphatic hydroxyl groups is 1. The fourth-order valence-electron chi connectivity index (χ4n) is 3.44. The predicted molar refractivity (Wildman–Crippen MR) is 80.0 cm³/mol. The Morgan fingerprint density at radius 1 is 1.38 bits per heavy atom. The maximum Gasteiger partial charge on any atom is 0.239 e. The molecule has 2 heterocycles. The van der Waals surface area contributed by atoms with Crippen LogP contribution in [0, 0.1) is 5.92 Å². The van der Waals surface area contributed by atoms with Gasteiger partial charge in [-0.25, -0.2) is 4.68 Å². The Bertz CT molecular complexity index is 482. The molecule has 6 nitrogen and oxygen atoms in total. The number of carbonyl (C=O) groups excluding carboxylic acids is 1. The van der Waals surface area contributed by atoms with E-state index < -0.39 is 0 Å². The number of hydrogen-bond acceptors (Lipinski definition) is 4. The molecule has 0 aromatic carbocycles. The summed E-state index contributed by atoms with van der Waals surface area (Å²) in [6.07, 6.45) is 7.52. The fourth-order valence-corrected chi connectivity index (χ4v) is 3.44. The number of nitrogens with zero attached hydrogens (tertiary/aromatic N) is 3. The van der Waals surface area contributed by atoms with Crippen LogP contribution in [0.2, 0.25) is 0 Å². The zero-order valence-electron chi connectivity index (χ0n) is 12.4. The Morgan fingerprint density at radius 2 is 2.19 bits per heavy atom. The van der Waals surface area contributed by atoms with Gasteiger partial charge in [0.05, 0.1) is 18.8 Å². The van der Waals surface area contributed by atoms with E-state index in [4.69, 9.17) is 5.11 Å². The maximum absolute atomic E-state index is 12.2. The van der Waals surface area contributed by atoms with Gasteiger partial charge in [-0.1, -0.05) is 12.8 Å². The second-order valence-electron chi connectivity index (χ2n) is 6.22. The van der Waals surface area contributed by atoms with Crippen LogP contribution in [0.4, 0.5) is 5.82 Å². The smallest absolute Gasteiger partial charge is 0.239 e. The van der Waals surface area contributed by atoms with E-state index in [9.17, 15) is 4.79 Å². The van der Waals surface area contributed by atoms with Crippen molar-refractivity contribution in [2.45, 2.75) is 38.1 Å². The number of nitrogens with one attached hydrogen (secondary N) is 1. The summed E-state index contributed by atoms with van der Waals surface area (Å²) in [4.78, 5) is 14.3. The van der Waals surface area contributed by atoms with Crippen molar-refractivity contribution in [2.75, 3.05) is 31.6 Å². The van der Waals surface area contributed by atoms with Gasteiger partial charge in [0.2, 0.25) is 5.91 Å². The number of carbonyl (C=O) groups is 1. The monoisotopic (exact) mass is 292 g/mol. The summed E-state index contributed by atoms with van der Waals surface area (Å²) in [6.45, 7) is 2.31. The minimum atomic E-state index is 0.00772. The van der Waals surface area contributed by atoms with Crippen LogP contribution >= 0.6 is 0 Å². The predicted octanol–water partition coefficient (Wildman–Crippen LogP) is 1.25. The van der Waals surface area contributed by atoms with Crippen LogP contribution in [0.5, 0.6) is 0 Å². The van der Waals surface area contributed by atoms with Gasteiger partial charge in [0.1, 0.15) is 5.82 Å². The quantitative estimate of drug-likeness (QED) is 0.857. The average molecular weight is 292 g/mol. The van der Waals surface area contributed by atoms with Gasteiger partial charge >= 0.3 is 0 Å². The summed E-state index contributed by atoms with van der Waals surface area (Å²) >= 11 is 0. The van der Waals surface area contributed by atoms with Crippen LogP contribution in [0.1, 0.15) is 38.1 Å². The molecule has 2 aliphatic rings. The first-order chi connectivity index (χ1) is 10.3. The molecular weight excluding hydrogens is 268 g/mol. The molecule has 0 bridgehead atoms. The summed E-state index contributed by atoms with van der Waals surface area (Å²) in [5.74, 6) is 1.14. The molecule has 1 unspecified atom stereocenters. The second kappa shape index (κ2) is 6.58. The van der Waals surface area contributed by atoms with Crippen molar-refractivity contribution in [3.63, 3.8) is 0 Å². The van der Waals surface area contributed by atoms with Gasteiger partial charge in [-0.3, -0.25) is 9.69 Å². The van der Waals surface area contributed by atoms with Crippen molar-refractivity contribution in [3.05, 3.63) is 12.3 Å². The first-order valence-electron chi connectivity index (χ1n) is 7.93. The third kappa shape index (κ3) is 3.44. The summed E-state index contributed by atoms with van der Waals surface area (Å²) in [7, 11) is 0. The van der Waals surface area contributed by atoms with Gasteiger partial charge in [-0.2, -0.15) is 5.10 Å². The normalized spacial score (nSPS) is 23.8. The number of aromatic nitrogens is 2. The van der Waals surface area contributed by atoms with Crippen molar-refractivity contribution in [1.29, 1.82) is 0 Å². The topological polar surface area (TPSA) is 70.4 Å². The molecule has 1 amide bonds. The SMILES string of the molecule is O=C(CN1CCC(CO)C1)Nc1ccnn1C1CCCC1. The van der Waals surface area contributed by atoms with Crippen LogP contribution in [-0.2, 0) is 4.79 Å². The molecular formula is C15H24N4O2. The van der Waals surface area contributed by atoms with Crippen molar-refractivity contribution in [2.24, 2.45) is 5.92 Å². The number of hydrogen-bond donors (Lipinski definition) is 2. The van der Waals surface area contributed by atoms with E-state index in [1.165, 1.54) is 12.8 Å². The molecule has 2 N–H and O–H groups in total. The lowest BCUT2D eigenvalue weighted by Gasteiger charge is -2.17. The van der Waals surface area contributed by atoms with Crippen molar-refractivity contribution >= 4 is 11.7 Å². The van der Waals surface area contributed by atoms with Gasteiger partial charge < -0.3 is 10.4 Å². The molecule has 1 saturated heterocycles. The third-order valence-corrected chi connectivity index (χ3v) is 4.60. The van der Waals surface area contributed by atoms with Gasteiger partial charge in [0.25, 0.3) is 0 Å². The molecule has 1 saturated carbocycles. The highest BCUT2D eigenvalue weighted by Crippen LogP contribution is 2.31. The zero-order valence-corrected chi connectivity index (χ0v) is 12.4. The first kappa shape index (κ1) is 14.5. The number of aliphatic hydroxyl groups excluding tert-OH is 1. The average Bonchev–Trinajstić information content (AvgIpc) is 3.18. The molecule has 116 valence electrons. The number of likely N-dealkylation sites (tertiary alicyclic amines) is 1. The van der Waals surface area contributed by atoms with Gasteiger partial charge in [-0.05, 0) is 31.7 Å². The van der Waals surface area contributed by atoms with Crippen LogP contribution in [0.25, 0.3) is 0 Å². The van der Waals surface area contributed by atoms with E-state index in [1.54, 1.807) is 6.20 Å². The Labute approximate surface area is 125 Å². The lowest BCUT2D eigenvalue weighted by atomic mass is 10.1. The lowest BCUT2D eigenvalue weighted by Crippen LogP contribution is -2.32. The summed E-state index contributed by atoms with van der Waals surface area (Å²) in [5, 5.41) is 16.5. The molecule has 0 spiro atoms. The van der Waals surface area contributed by atoms with Crippen LogP contribution in [-0.4, -0.2) is 51.9 Å². The number of rotatable bonds is 5. The van der Waals surface area contributed by atoms with Crippen LogP contribution in [0.15, 0.2) is 12.3 Å². The van der Waals surface area contributed by atoms with E-state index in [2.05, 4.69) is 15.3 Å². The highest BCUT2D eigenvalue weighted by Gasteiger charge is 2.24. The number of anilines is 1. The Morgan fingerprint density at radius 3 is 2.90 bits per heavy atom. The third-order valence-electron chi connectivity index (χ3n) is 4.60. The highest BCUT2D eigenvalue weighted by atomic mass is 16.3. The molecule has 1 atom stereocenters. The number of amides is 1. The summed E-state index contributed by atoms with van der Waals surface area (Å²) in [6, 6.07) is 2.30. The van der Waals surface area contributed by atoms with Crippen molar-refractivity contribution in [3.8, 4) is 0 Å². The highest BCUT2D eigenvalue weighted by molar-refractivity contribution is 5.91. The van der Waals surface area contributed by atoms with E-state index in [1.807, 2.05) is 10.7 Å². The van der Waals surface area contributed by atoms with Crippen molar-refractivity contribution < 1.29 is 9.90 Å². The molecule has 2 fully saturated rings. The van der Waals surface area contributed by atoms with E-state index >= 15 is 0 Å². The fraction of sp³-hybridized carbons (Fsp3) is 0.733. The Hall–Kier alpha value is -1.40. The molecule has 1 aliphatic carbocycles. The van der Waals surface area contributed by atoms with E-state index in [0.717, 1.165) is 38.2 Å². The largest absolute Gasteiger partial charge is 0.396 e. The maximum atomic E-state index is 12.2. The van der Waals surface area contributed by atoms with Gasteiger partial charge in [-0.15, -0.1) is 0 Å².